The number of carbonyl (C=O) groups is 8. The molecule has 2 aliphatic rings. The van der Waals surface area contributed by atoms with Gasteiger partial charge in [-0.3, -0.25) is 43.8 Å². The molecule has 2 saturated heterocycles. The lowest BCUT2D eigenvalue weighted by Gasteiger charge is -2.35. The van der Waals surface area contributed by atoms with E-state index in [0.29, 0.717) is 24.1 Å². The maximum atomic E-state index is 14.5. The number of fused-ring (bicyclic) bond motifs is 2. The molecule has 14 N–H and O–H groups in total. The molecule has 2 aliphatic heterocycles. The number of benzene rings is 2. The lowest BCUT2D eigenvalue weighted by molar-refractivity contribution is -0.141. The Labute approximate surface area is 398 Å². The fraction of sp³-hybridized carbons (Fsp3) is 0.447. The fourth-order valence-electron chi connectivity index (χ4n) is 9.11. The highest BCUT2D eigenvalue weighted by atomic mass is 16.2. The molecule has 0 saturated carbocycles. The number of aromatic amines is 2. The Hall–Kier alpha value is -7.78. The monoisotopic (exact) mass is 950 g/mol. The van der Waals surface area contributed by atoms with E-state index in [2.05, 4.69) is 52.2 Å². The average molecular weight is 951 g/mol. The molecule has 4 aromatic rings. The second-order valence-electron chi connectivity index (χ2n) is 17.7. The van der Waals surface area contributed by atoms with Crippen molar-refractivity contribution < 1.29 is 38.4 Å². The number of carbonyl (C=O) groups excluding carboxylic acids is 8. The summed E-state index contributed by atoms with van der Waals surface area (Å²) in [5.41, 5.74) is 13.1. The van der Waals surface area contributed by atoms with Gasteiger partial charge in [0.1, 0.15) is 42.3 Å². The summed E-state index contributed by atoms with van der Waals surface area (Å²) < 4.78 is 0. The molecule has 2 aromatic heterocycles. The zero-order chi connectivity index (χ0) is 49.8. The van der Waals surface area contributed by atoms with Crippen LogP contribution in [0.5, 0.6) is 0 Å². The first-order valence-corrected chi connectivity index (χ1v) is 23.0. The number of amides is 8. The summed E-state index contributed by atoms with van der Waals surface area (Å²) in [5, 5.41) is 27.8. The van der Waals surface area contributed by atoms with Crippen molar-refractivity contribution in [1.82, 2.24) is 57.1 Å². The van der Waals surface area contributed by atoms with Gasteiger partial charge in [0.05, 0.1) is 17.6 Å². The summed E-state index contributed by atoms with van der Waals surface area (Å²) in [6, 6.07) is 8.26. The number of unbranched alkanes of at least 4 members (excludes halogenated alkanes) is 1. The molecule has 22 nitrogen and oxygen atoms in total. The smallest absolute Gasteiger partial charge is 0.246 e. The largest absolute Gasteiger partial charge is 0.370 e. The van der Waals surface area contributed by atoms with Crippen molar-refractivity contribution in [2.45, 2.75) is 126 Å². The van der Waals surface area contributed by atoms with Crippen molar-refractivity contribution in [3.63, 3.8) is 0 Å². The Bertz CT molecular complexity index is 2510. The number of nitrogens with zero attached hydrogens (tertiary/aromatic N) is 2. The maximum absolute atomic E-state index is 14.5. The fourth-order valence-corrected chi connectivity index (χ4v) is 9.11. The van der Waals surface area contributed by atoms with Gasteiger partial charge in [-0.25, -0.2) is 4.98 Å². The highest BCUT2D eigenvalue weighted by Gasteiger charge is 2.59. The highest BCUT2D eigenvalue weighted by Crippen LogP contribution is 2.43. The number of para-hydroxylation sites is 1. The van der Waals surface area contributed by atoms with Crippen LogP contribution in [0.25, 0.3) is 10.9 Å². The second-order valence-corrected chi connectivity index (χ2v) is 17.7. The summed E-state index contributed by atoms with van der Waals surface area (Å²) in [5.74, 6) is -5.58. The molecular weight excluding hydrogens is 889 g/mol. The summed E-state index contributed by atoms with van der Waals surface area (Å²) in [6.07, 6.45) is 6.87. The number of nitrogens with one attached hydrogen (secondary N) is 10. The van der Waals surface area contributed by atoms with Gasteiger partial charge in [-0.2, -0.15) is 0 Å². The Morgan fingerprint density at radius 2 is 1.54 bits per heavy atom. The van der Waals surface area contributed by atoms with E-state index >= 15 is 0 Å². The molecule has 368 valence electrons. The summed E-state index contributed by atoms with van der Waals surface area (Å²) in [4.78, 5) is 120. The minimum Gasteiger partial charge on any atom is -0.370 e. The average Bonchev–Trinajstić information content (AvgIpc) is 4.12. The normalized spacial score (nSPS) is 19.5. The third-order valence-electron chi connectivity index (χ3n) is 12.6. The van der Waals surface area contributed by atoms with E-state index in [1.807, 2.05) is 31.2 Å². The minimum atomic E-state index is -1.31. The zero-order valence-corrected chi connectivity index (χ0v) is 38.9. The first-order valence-electron chi connectivity index (χ1n) is 23.0. The Morgan fingerprint density at radius 3 is 2.22 bits per heavy atom. The van der Waals surface area contributed by atoms with Gasteiger partial charge in [0.25, 0.3) is 0 Å². The van der Waals surface area contributed by atoms with Gasteiger partial charge in [-0.15, -0.1) is 0 Å². The predicted molar refractivity (Wildman–Crippen MR) is 253 cm³/mol. The number of hydrogen-bond donors (Lipinski definition) is 12. The van der Waals surface area contributed by atoms with Crippen LogP contribution in [-0.4, -0.2) is 127 Å². The van der Waals surface area contributed by atoms with Crippen LogP contribution in [0.2, 0.25) is 0 Å². The van der Waals surface area contributed by atoms with Crippen molar-refractivity contribution in [2.24, 2.45) is 11.5 Å². The summed E-state index contributed by atoms with van der Waals surface area (Å²) >= 11 is 0. The first kappa shape index (κ1) is 50.6. The van der Waals surface area contributed by atoms with Crippen LogP contribution in [-0.2, 0) is 57.6 Å². The summed E-state index contributed by atoms with van der Waals surface area (Å²) in [6.45, 7) is 4.64. The molecule has 0 radical (unpaired) electrons. The van der Waals surface area contributed by atoms with E-state index in [1.165, 1.54) is 31.3 Å². The molecule has 8 amide bonds. The lowest BCUT2D eigenvalue weighted by Crippen LogP contribution is -2.59. The molecule has 69 heavy (non-hydrogen) atoms. The molecule has 1 unspecified atom stereocenters. The highest BCUT2D eigenvalue weighted by molar-refractivity contribution is 5.99. The van der Waals surface area contributed by atoms with Crippen LogP contribution < -0.4 is 48.7 Å². The molecule has 0 spiro atoms. The van der Waals surface area contributed by atoms with E-state index in [0.717, 1.165) is 22.9 Å². The van der Waals surface area contributed by atoms with E-state index in [1.54, 1.807) is 36.5 Å². The molecule has 0 aliphatic carbocycles. The zero-order valence-electron chi connectivity index (χ0n) is 38.9. The Kier molecular flexibility index (Phi) is 16.7. The molecule has 6 rings (SSSR count). The van der Waals surface area contributed by atoms with Gasteiger partial charge in [-0.05, 0) is 43.4 Å². The molecule has 8 atom stereocenters. The lowest BCUT2D eigenvalue weighted by atomic mass is 9.92. The topological polar surface area (TPSA) is 344 Å². The van der Waals surface area contributed by atoms with E-state index in [9.17, 15) is 38.4 Å². The van der Waals surface area contributed by atoms with Gasteiger partial charge in [0.2, 0.25) is 47.3 Å². The quantitative estimate of drug-likeness (QED) is 0.0321. The number of nitrogens with two attached hydrogens (primary N) is 2. The van der Waals surface area contributed by atoms with Crippen LogP contribution in [0.3, 0.4) is 0 Å². The van der Waals surface area contributed by atoms with Gasteiger partial charge in [0.15, 0.2) is 5.96 Å². The Morgan fingerprint density at radius 1 is 0.841 bits per heavy atom. The van der Waals surface area contributed by atoms with E-state index in [-0.39, 0.29) is 51.0 Å². The molecule has 2 fully saturated rings. The third-order valence-corrected chi connectivity index (χ3v) is 12.6. The minimum absolute atomic E-state index is 0.00487. The van der Waals surface area contributed by atoms with Crippen molar-refractivity contribution in [2.75, 3.05) is 6.54 Å². The number of guanidine groups is 1. The van der Waals surface area contributed by atoms with Gasteiger partial charge >= 0.3 is 0 Å². The molecule has 0 bridgehead atoms. The van der Waals surface area contributed by atoms with Crippen LogP contribution in [0.1, 0.15) is 76.1 Å². The molecule has 2 aromatic carbocycles. The van der Waals surface area contributed by atoms with Crippen LogP contribution >= 0.6 is 0 Å². The number of aromatic nitrogens is 3. The number of imidazole rings is 1. The third kappa shape index (κ3) is 12.8. The van der Waals surface area contributed by atoms with Crippen LogP contribution in [0.4, 0.5) is 0 Å². The molecule has 4 heterocycles. The van der Waals surface area contributed by atoms with Gasteiger partial charge in [0, 0.05) is 62.4 Å². The molecule has 22 heteroatoms. The van der Waals surface area contributed by atoms with Gasteiger partial charge < -0.3 is 63.6 Å². The predicted octanol–water partition coefficient (Wildman–Crippen LogP) is -0.840. The molecular formula is C47H62N14O8. The SMILES string of the molecule is CCCC[C@H](NC(C)=O)C(=O)N[C@@H](C)C(=O)N[C@@H](Cc1c[nH]cn1)C(=O)N[C@H](Cc1ccccc1)C(=O)N[C@H]1CC2(CNC(=N)N)CC[C@@H](C(=O)N[C@@H](Cc3c[nH]c4ccccc34)C(N)=O)N2C1=O. The van der Waals surface area contributed by atoms with E-state index < -0.39 is 95.1 Å². The van der Waals surface area contributed by atoms with Crippen LogP contribution in [0, 0.1) is 5.41 Å². The summed E-state index contributed by atoms with van der Waals surface area (Å²) in [7, 11) is 0. The number of primary amides is 1. The standard InChI is InChI=1S/C47H62N14O8/c1-4-5-14-33(56-27(3)62)41(65)55-26(2)40(64)58-36(20-30-23-51-25-54-30)43(67)59-35(18-28-11-7-6-8-12-28)42(66)60-37-21-47(24-53-46(49)50)17-16-38(61(47)45(37)69)44(68)57-34(39(48)63)19-29-22-52-32-15-10-9-13-31(29)32/h6-13,15,22-23,25-26,33-38,52H,4-5,14,16-21,24H2,1-3H3,(H2,48,63)(H,51,54)(H,55,65)(H,56,62)(H,57,68)(H,58,64)(H,59,67)(H,60,66)(H4,49,50,53)/t26-,33-,34-,35+,36-,37-,38-,47?/m0/s1. The number of rotatable bonds is 23. The number of hydrogen-bond acceptors (Lipinski definition) is 10. The maximum Gasteiger partial charge on any atom is 0.246 e. The van der Waals surface area contributed by atoms with Crippen LogP contribution in [0.15, 0.2) is 73.3 Å². The van der Waals surface area contributed by atoms with Crippen molar-refractivity contribution in [3.8, 4) is 0 Å². The van der Waals surface area contributed by atoms with E-state index in [4.69, 9.17) is 16.9 Å². The van der Waals surface area contributed by atoms with Gasteiger partial charge in [-0.1, -0.05) is 68.3 Å². The second kappa shape index (κ2) is 22.8. The van der Waals surface area contributed by atoms with Crippen molar-refractivity contribution >= 4 is 64.1 Å². The Balaban J connectivity index is 1.20. The van der Waals surface area contributed by atoms with Crippen molar-refractivity contribution in [3.05, 3.63) is 90.1 Å². The first-order chi connectivity index (χ1) is 33.0. The number of H-pyrrole nitrogens is 2. The van der Waals surface area contributed by atoms with Crippen molar-refractivity contribution in [1.29, 1.82) is 5.41 Å².